The van der Waals surface area contributed by atoms with E-state index in [1.165, 1.54) is 11.1 Å². The summed E-state index contributed by atoms with van der Waals surface area (Å²) in [5.74, 6) is 0.403. The molecule has 2 aromatic rings. The molecule has 2 aromatic carbocycles. The Morgan fingerprint density at radius 1 is 1.11 bits per heavy atom. The summed E-state index contributed by atoms with van der Waals surface area (Å²) in [5.41, 5.74) is 2.47. The normalized spacial score (nSPS) is 22.3. The SMILES string of the molecule is C=CC[C@@H]1C[C@H](c2cccc(Cl)c2)[C@H](CCCc2ccc(Cl)cc2)NC1=O. The lowest BCUT2D eigenvalue weighted by Gasteiger charge is -2.37. The molecule has 0 saturated carbocycles. The summed E-state index contributed by atoms with van der Waals surface area (Å²) in [4.78, 5) is 12.5. The van der Waals surface area contributed by atoms with E-state index in [1.807, 2.05) is 36.4 Å². The molecule has 1 amide bonds. The molecule has 1 saturated heterocycles. The van der Waals surface area contributed by atoms with Gasteiger partial charge in [0.1, 0.15) is 0 Å². The van der Waals surface area contributed by atoms with Crippen LogP contribution in [0.15, 0.2) is 61.2 Å². The fourth-order valence-corrected chi connectivity index (χ4v) is 4.26. The molecule has 0 unspecified atom stereocenters. The molecule has 0 aromatic heterocycles. The summed E-state index contributed by atoms with van der Waals surface area (Å²) in [7, 11) is 0. The number of halogens is 2. The molecule has 2 nitrogen and oxygen atoms in total. The van der Waals surface area contributed by atoms with Crippen molar-refractivity contribution in [2.45, 2.75) is 44.1 Å². The number of rotatable bonds is 7. The summed E-state index contributed by atoms with van der Waals surface area (Å²) >= 11 is 12.2. The number of amides is 1. The van der Waals surface area contributed by atoms with Crippen LogP contribution in [0.3, 0.4) is 0 Å². The molecule has 4 heteroatoms. The minimum Gasteiger partial charge on any atom is -0.353 e. The quantitative estimate of drug-likeness (QED) is 0.551. The maximum absolute atomic E-state index is 12.5. The van der Waals surface area contributed by atoms with Crippen molar-refractivity contribution in [3.05, 3.63) is 82.4 Å². The fraction of sp³-hybridized carbons (Fsp3) is 0.348. The van der Waals surface area contributed by atoms with Gasteiger partial charge in [-0.3, -0.25) is 4.79 Å². The molecule has 142 valence electrons. The van der Waals surface area contributed by atoms with Gasteiger partial charge < -0.3 is 5.32 Å². The van der Waals surface area contributed by atoms with Crippen molar-refractivity contribution in [3.8, 4) is 0 Å². The first kappa shape index (κ1) is 20.0. The van der Waals surface area contributed by atoms with Crippen LogP contribution in [0, 0.1) is 5.92 Å². The van der Waals surface area contributed by atoms with E-state index in [9.17, 15) is 4.79 Å². The lowest BCUT2D eigenvalue weighted by Crippen LogP contribution is -2.48. The molecule has 0 spiro atoms. The predicted octanol–water partition coefficient (Wildman–Crippen LogP) is 6.18. The lowest BCUT2D eigenvalue weighted by atomic mass is 9.77. The third-order valence-corrected chi connectivity index (χ3v) is 5.83. The van der Waals surface area contributed by atoms with Crippen LogP contribution in [0.1, 0.15) is 42.7 Å². The first-order valence-corrected chi connectivity index (χ1v) is 10.2. The molecule has 1 heterocycles. The van der Waals surface area contributed by atoms with Gasteiger partial charge in [0.2, 0.25) is 5.91 Å². The third-order valence-electron chi connectivity index (χ3n) is 5.34. The van der Waals surface area contributed by atoms with Crippen LogP contribution in [-0.4, -0.2) is 11.9 Å². The number of piperidine rings is 1. The first-order valence-electron chi connectivity index (χ1n) is 9.48. The lowest BCUT2D eigenvalue weighted by molar-refractivity contribution is -0.128. The topological polar surface area (TPSA) is 29.1 Å². The molecule has 1 fully saturated rings. The van der Waals surface area contributed by atoms with Gasteiger partial charge in [-0.05, 0) is 67.5 Å². The largest absolute Gasteiger partial charge is 0.353 e. The second-order valence-corrected chi connectivity index (χ2v) is 8.13. The van der Waals surface area contributed by atoms with Gasteiger partial charge in [0.05, 0.1) is 0 Å². The zero-order valence-corrected chi connectivity index (χ0v) is 16.8. The Kier molecular flexibility index (Phi) is 6.98. The molecule has 3 rings (SSSR count). The Bertz CT molecular complexity index is 787. The van der Waals surface area contributed by atoms with E-state index in [2.05, 4.69) is 30.1 Å². The molecule has 1 aliphatic heterocycles. The van der Waals surface area contributed by atoms with E-state index < -0.39 is 0 Å². The Hall–Kier alpha value is -1.77. The molecular formula is C23H25Cl2NO. The molecule has 0 aliphatic carbocycles. The van der Waals surface area contributed by atoms with Crippen molar-refractivity contribution in [1.29, 1.82) is 0 Å². The van der Waals surface area contributed by atoms with Crippen LogP contribution in [0.5, 0.6) is 0 Å². The number of nitrogens with one attached hydrogen (secondary N) is 1. The van der Waals surface area contributed by atoms with Crippen LogP contribution in [0.4, 0.5) is 0 Å². The maximum Gasteiger partial charge on any atom is 0.223 e. The van der Waals surface area contributed by atoms with Crippen molar-refractivity contribution in [2.75, 3.05) is 0 Å². The van der Waals surface area contributed by atoms with Crippen molar-refractivity contribution in [3.63, 3.8) is 0 Å². The summed E-state index contributed by atoms with van der Waals surface area (Å²) < 4.78 is 0. The minimum atomic E-state index is -0.0148. The number of hydrogen-bond acceptors (Lipinski definition) is 1. The Labute approximate surface area is 171 Å². The standard InChI is InChI=1S/C23H25Cl2NO/c1-2-5-18-15-21(17-7-4-8-20(25)14-17)22(26-23(18)27)9-3-6-16-10-12-19(24)13-11-16/h2,4,7-8,10-14,18,21-22H,1,3,5-6,9,15H2,(H,26,27)/t18-,21-,22+/m1/s1. The van der Waals surface area contributed by atoms with Gasteiger partial charge >= 0.3 is 0 Å². The maximum atomic E-state index is 12.5. The third kappa shape index (κ3) is 5.37. The molecular weight excluding hydrogens is 377 g/mol. The summed E-state index contributed by atoms with van der Waals surface area (Å²) in [5, 5.41) is 4.76. The van der Waals surface area contributed by atoms with E-state index in [0.29, 0.717) is 6.42 Å². The number of carbonyl (C=O) groups excluding carboxylic acids is 1. The van der Waals surface area contributed by atoms with Crippen molar-refractivity contribution >= 4 is 29.1 Å². The number of allylic oxidation sites excluding steroid dienone is 1. The second kappa shape index (κ2) is 9.43. The number of aryl methyl sites for hydroxylation is 1. The molecule has 0 radical (unpaired) electrons. The number of benzene rings is 2. The summed E-state index contributed by atoms with van der Waals surface area (Å²) in [6.45, 7) is 3.80. The molecule has 1 N–H and O–H groups in total. The van der Waals surface area contributed by atoms with E-state index in [0.717, 1.165) is 35.7 Å². The zero-order valence-electron chi connectivity index (χ0n) is 15.3. The van der Waals surface area contributed by atoms with Gasteiger partial charge in [-0.25, -0.2) is 0 Å². The highest BCUT2D eigenvalue weighted by molar-refractivity contribution is 6.30. The number of carbonyl (C=O) groups is 1. The van der Waals surface area contributed by atoms with Crippen molar-refractivity contribution < 1.29 is 4.79 Å². The average molecular weight is 402 g/mol. The van der Waals surface area contributed by atoms with Crippen molar-refractivity contribution in [1.82, 2.24) is 5.32 Å². The van der Waals surface area contributed by atoms with Gasteiger partial charge in [0.25, 0.3) is 0 Å². The van der Waals surface area contributed by atoms with Gasteiger partial charge in [-0.1, -0.05) is 53.5 Å². The molecule has 3 atom stereocenters. The average Bonchev–Trinajstić information content (AvgIpc) is 2.65. The first-order chi connectivity index (χ1) is 13.1. The van der Waals surface area contributed by atoms with Gasteiger partial charge in [0, 0.05) is 27.9 Å². The van der Waals surface area contributed by atoms with Crippen LogP contribution in [0.2, 0.25) is 10.0 Å². The highest BCUT2D eigenvalue weighted by atomic mass is 35.5. The van der Waals surface area contributed by atoms with Gasteiger partial charge in [-0.15, -0.1) is 6.58 Å². The fourth-order valence-electron chi connectivity index (χ4n) is 3.94. The highest BCUT2D eigenvalue weighted by Crippen LogP contribution is 2.36. The minimum absolute atomic E-state index is 0.0148. The monoisotopic (exact) mass is 401 g/mol. The summed E-state index contributed by atoms with van der Waals surface area (Å²) in [6.07, 6.45) is 6.30. The number of hydrogen-bond donors (Lipinski definition) is 1. The highest BCUT2D eigenvalue weighted by Gasteiger charge is 2.35. The van der Waals surface area contributed by atoms with Gasteiger partial charge in [0.15, 0.2) is 0 Å². The van der Waals surface area contributed by atoms with Crippen molar-refractivity contribution in [2.24, 2.45) is 5.92 Å². The Balaban J connectivity index is 1.70. The predicted molar refractivity (Wildman–Crippen MR) is 113 cm³/mol. The van der Waals surface area contributed by atoms with Gasteiger partial charge in [-0.2, -0.15) is 0 Å². The van der Waals surface area contributed by atoms with E-state index in [-0.39, 0.29) is 23.8 Å². The van der Waals surface area contributed by atoms with E-state index in [4.69, 9.17) is 23.2 Å². The smallest absolute Gasteiger partial charge is 0.223 e. The molecule has 1 aliphatic rings. The van der Waals surface area contributed by atoms with E-state index in [1.54, 1.807) is 0 Å². The van der Waals surface area contributed by atoms with Crippen LogP contribution < -0.4 is 5.32 Å². The second-order valence-electron chi connectivity index (χ2n) is 7.25. The molecule has 27 heavy (non-hydrogen) atoms. The van der Waals surface area contributed by atoms with Crippen LogP contribution in [0.25, 0.3) is 0 Å². The molecule has 0 bridgehead atoms. The van der Waals surface area contributed by atoms with Crippen LogP contribution >= 0.6 is 23.2 Å². The Morgan fingerprint density at radius 3 is 2.59 bits per heavy atom. The van der Waals surface area contributed by atoms with E-state index >= 15 is 0 Å². The Morgan fingerprint density at radius 2 is 1.89 bits per heavy atom. The van der Waals surface area contributed by atoms with Crippen LogP contribution in [-0.2, 0) is 11.2 Å². The zero-order chi connectivity index (χ0) is 19.2. The summed E-state index contributed by atoms with van der Waals surface area (Å²) in [6, 6.07) is 16.1.